The van der Waals surface area contributed by atoms with Gasteiger partial charge in [0.2, 0.25) is 0 Å². The van der Waals surface area contributed by atoms with Crippen LogP contribution in [-0.4, -0.2) is 20.3 Å². The summed E-state index contributed by atoms with van der Waals surface area (Å²) < 4.78 is 10.6. The Morgan fingerprint density at radius 1 is 1.24 bits per heavy atom. The average molecular weight is 235 g/mol. The fraction of sp³-hybridized carbons (Fsp3) is 0.571. The van der Waals surface area contributed by atoms with Gasteiger partial charge in [0.1, 0.15) is 11.5 Å². The second kappa shape index (κ2) is 4.47. The molecule has 1 N–H and O–H groups in total. The van der Waals surface area contributed by atoms with Gasteiger partial charge in [-0.2, -0.15) is 0 Å². The van der Waals surface area contributed by atoms with Crippen LogP contribution in [0.1, 0.15) is 26.7 Å². The molecule has 0 bridgehead atoms. The van der Waals surface area contributed by atoms with Crippen molar-refractivity contribution in [3.63, 3.8) is 0 Å². The predicted octanol–water partition coefficient (Wildman–Crippen LogP) is 3.30. The maximum absolute atomic E-state index is 5.36. The van der Waals surface area contributed by atoms with Crippen molar-refractivity contribution >= 4 is 5.69 Å². The zero-order valence-corrected chi connectivity index (χ0v) is 11.0. The molecule has 0 heterocycles. The largest absolute Gasteiger partial charge is 0.497 e. The monoisotopic (exact) mass is 235 g/mol. The molecule has 2 rings (SSSR count). The molecule has 0 saturated heterocycles. The minimum Gasteiger partial charge on any atom is -0.497 e. The Morgan fingerprint density at radius 2 is 1.94 bits per heavy atom. The maximum Gasteiger partial charge on any atom is 0.142 e. The van der Waals surface area contributed by atoms with E-state index in [9.17, 15) is 0 Å². The zero-order chi connectivity index (χ0) is 12.5. The molecule has 0 aromatic heterocycles. The Hall–Kier alpha value is -1.38. The molecule has 3 nitrogen and oxygen atoms in total. The Bertz CT molecular complexity index is 399. The van der Waals surface area contributed by atoms with Crippen LogP contribution in [0.15, 0.2) is 18.2 Å². The molecule has 1 unspecified atom stereocenters. The first-order valence-corrected chi connectivity index (χ1v) is 6.07. The number of ether oxygens (including phenoxy) is 2. The van der Waals surface area contributed by atoms with Crippen molar-refractivity contribution in [2.45, 2.75) is 32.7 Å². The molecule has 1 aliphatic rings. The van der Waals surface area contributed by atoms with Crippen molar-refractivity contribution in [2.24, 2.45) is 5.41 Å². The maximum atomic E-state index is 5.36. The van der Waals surface area contributed by atoms with Gasteiger partial charge < -0.3 is 14.8 Å². The molecule has 1 atom stereocenters. The van der Waals surface area contributed by atoms with Gasteiger partial charge in [-0.15, -0.1) is 0 Å². The summed E-state index contributed by atoms with van der Waals surface area (Å²) in [4.78, 5) is 0. The van der Waals surface area contributed by atoms with Crippen LogP contribution >= 0.6 is 0 Å². The summed E-state index contributed by atoms with van der Waals surface area (Å²) >= 11 is 0. The van der Waals surface area contributed by atoms with E-state index in [1.807, 2.05) is 18.2 Å². The van der Waals surface area contributed by atoms with Crippen LogP contribution in [0.2, 0.25) is 0 Å². The number of methoxy groups -OCH3 is 2. The summed E-state index contributed by atoms with van der Waals surface area (Å²) in [5, 5.41) is 3.53. The van der Waals surface area contributed by atoms with Crippen LogP contribution in [0.3, 0.4) is 0 Å². The third kappa shape index (κ3) is 2.48. The highest BCUT2D eigenvalue weighted by Crippen LogP contribution is 2.49. The molecule has 17 heavy (non-hydrogen) atoms. The van der Waals surface area contributed by atoms with E-state index in [1.54, 1.807) is 14.2 Å². The lowest BCUT2D eigenvalue weighted by molar-refractivity contribution is 0.402. The van der Waals surface area contributed by atoms with Gasteiger partial charge in [-0.3, -0.25) is 0 Å². The molecule has 1 aromatic rings. The molecule has 1 aliphatic carbocycles. The Kier molecular flexibility index (Phi) is 3.18. The lowest BCUT2D eigenvalue weighted by atomic mass is 10.0. The number of benzene rings is 1. The fourth-order valence-electron chi connectivity index (χ4n) is 1.96. The van der Waals surface area contributed by atoms with Crippen LogP contribution in [0, 0.1) is 5.41 Å². The quantitative estimate of drug-likeness (QED) is 0.849. The van der Waals surface area contributed by atoms with Crippen LogP contribution in [0.4, 0.5) is 5.69 Å². The van der Waals surface area contributed by atoms with Gasteiger partial charge in [0, 0.05) is 12.1 Å². The SMILES string of the molecule is COc1ccc(OC)c(NC(C)C2(C)CC2)c1. The van der Waals surface area contributed by atoms with Crippen molar-refractivity contribution in [2.75, 3.05) is 19.5 Å². The van der Waals surface area contributed by atoms with Crippen molar-refractivity contribution in [1.29, 1.82) is 0 Å². The normalized spacial score (nSPS) is 18.4. The first kappa shape index (κ1) is 12.1. The summed E-state index contributed by atoms with van der Waals surface area (Å²) in [6, 6.07) is 6.28. The van der Waals surface area contributed by atoms with Gasteiger partial charge >= 0.3 is 0 Å². The van der Waals surface area contributed by atoms with E-state index in [2.05, 4.69) is 19.2 Å². The van der Waals surface area contributed by atoms with E-state index >= 15 is 0 Å². The van der Waals surface area contributed by atoms with Crippen LogP contribution in [0.25, 0.3) is 0 Å². The molecule has 0 radical (unpaired) electrons. The molecule has 3 heteroatoms. The zero-order valence-electron chi connectivity index (χ0n) is 11.0. The minimum atomic E-state index is 0.439. The summed E-state index contributed by atoms with van der Waals surface area (Å²) in [6.45, 7) is 4.54. The van der Waals surface area contributed by atoms with Crippen molar-refractivity contribution in [3.8, 4) is 11.5 Å². The third-order valence-corrected chi connectivity index (χ3v) is 3.86. The van der Waals surface area contributed by atoms with E-state index in [-0.39, 0.29) is 0 Å². The van der Waals surface area contributed by atoms with Gasteiger partial charge in [0.15, 0.2) is 0 Å². The van der Waals surface area contributed by atoms with Crippen LogP contribution < -0.4 is 14.8 Å². The highest BCUT2D eigenvalue weighted by Gasteiger charge is 2.42. The van der Waals surface area contributed by atoms with Gasteiger partial charge in [-0.25, -0.2) is 0 Å². The Morgan fingerprint density at radius 3 is 2.47 bits per heavy atom. The van der Waals surface area contributed by atoms with Gasteiger partial charge in [0.05, 0.1) is 19.9 Å². The standard InChI is InChI=1S/C14H21NO2/c1-10(14(2)7-8-14)15-12-9-11(16-3)5-6-13(12)17-4/h5-6,9-10,15H,7-8H2,1-4H3. The van der Waals surface area contributed by atoms with E-state index in [0.29, 0.717) is 11.5 Å². The van der Waals surface area contributed by atoms with Gasteiger partial charge in [-0.05, 0) is 37.3 Å². The average Bonchev–Trinajstić information content (AvgIpc) is 3.08. The minimum absolute atomic E-state index is 0.439. The van der Waals surface area contributed by atoms with E-state index < -0.39 is 0 Å². The number of hydrogen-bond donors (Lipinski definition) is 1. The molecular formula is C14H21NO2. The molecule has 1 aromatic carbocycles. The summed E-state index contributed by atoms with van der Waals surface area (Å²) in [7, 11) is 3.37. The number of rotatable bonds is 5. The van der Waals surface area contributed by atoms with Gasteiger partial charge in [-0.1, -0.05) is 6.92 Å². The van der Waals surface area contributed by atoms with E-state index in [4.69, 9.17) is 9.47 Å². The smallest absolute Gasteiger partial charge is 0.142 e. The fourth-order valence-corrected chi connectivity index (χ4v) is 1.96. The highest BCUT2D eigenvalue weighted by molar-refractivity contribution is 5.60. The molecule has 0 aliphatic heterocycles. The summed E-state index contributed by atoms with van der Waals surface area (Å²) in [5.41, 5.74) is 1.45. The number of nitrogens with one attached hydrogen (secondary N) is 1. The molecule has 94 valence electrons. The molecule has 1 fully saturated rings. The highest BCUT2D eigenvalue weighted by atomic mass is 16.5. The predicted molar refractivity (Wildman–Crippen MR) is 70.0 cm³/mol. The third-order valence-electron chi connectivity index (χ3n) is 3.86. The van der Waals surface area contributed by atoms with Gasteiger partial charge in [0.25, 0.3) is 0 Å². The molecular weight excluding hydrogens is 214 g/mol. The first-order chi connectivity index (χ1) is 8.09. The second-order valence-electron chi connectivity index (χ2n) is 5.09. The lowest BCUT2D eigenvalue weighted by Crippen LogP contribution is -2.25. The number of hydrogen-bond acceptors (Lipinski definition) is 3. The summed E-state index contributed by atoms with van der Waals surface area (Å²) in [6.07, 6.45) is 2.60. The summed E-state index contributed by atoms with van der Waals surface area (Å²) in [5.74, 6) is 1.71. The lowest BCUT2D eigenvalue weighted by Gasteiger charge is -2.23. The molecule has 0 spiro atoms. The van der Waals surface area contributed by atoms with Crippen LogP contribution in [0.5, 0.6) is 11.5 Å². The first-order valence-electron chi connectivity index (χ1n) is 6.07. The van der Waals surface area contributed by atoms with Crippen molar-refractivity contribution < 1.29 is 9.47 Å². The van der Waals surface area contributed by atoms with Crippen molar-refractivity contribution in [3.05, 3.63) is 18.2 Å². The Labute approximate surface area is 103 Å². The molecule has 0 amide bonds. The topological polar surface area (TPSA) is 30.5 Å². The van der Waals surface area contributed by atoms with E-state index in [0.717, 1.165) is 17.2 Å². The Balaban J connectivity index is 2.17. The van der Waals surface area contributed by atoms with Crippen molar-refractivity contribution in [1.82, 2.24) is 0 Å². The second-order valence-corrected chi connectivity index (χ2v) is 5.09. The van der Waals surface area contributed by atoms with E-state index in [1.165, 1.54) is 12.8 Å². The van der Waals surface area contributed by atoms with Crippen LogP contribution in [-0.2, 0) is 0 Å². The number of anilines is 1. The molecule has 1 saturated carbocycles.